The van der Waals surface area contributed by atoms with Crippen molar-refractivity contribution in [2.75, 3.05) is 0 Å². The molecule has 3 aromatic rings. The number of nitrogens with zero attached hydrogens (tertiary/aromatic N) is 4. The maximum Gasteiger partial charge on any atom is 0.191 e. The molecule has 92 valence electrons. The molecule has 0 unspecified atom stereocenters. The number of halogens is 1. The van der Waals surface area contributed by atoms with Gasteiger partial charge in [-0.2, -0.15) is 0 Å². The van der Waals surface area contributed by atoms with E-state index in [0.29, 0.717) is 12.4 Å². The van der Waals surface area contributed by atoms with Crippen molar-refractivity contribution < 1.29 is 4.42 Å². The highest BCUT2D eigenvalue weighted by Gasteiger charge is 2.11. The van der Waals surface area contributed by atoms with E-state index in [9.17, 15) is 0 Å². The minimum atomic E-state index is 0.637. The predicted octanol–water partition coefficient (Wildman–Crippen LogP) is 2.85. The highest BCUT2D eigenvalue weighted by Crippen LogP contribution is 2.19. The fourth-order valence-electron chi connectivity index (χ4n) is 1.94. The number of oxazole rings is 1. The van der Waals surface area contributed by atoms with Gasteiger partial charge >= 0.3 is 0 Å². The monoisotopic (exact) mass is 306 g/mol. The first-order chi connectivity index (χ1) is 8.63. The molecule has 18 heavy (non-hydrogen) atoms. The van der Waals surface area contributed by atoms with E-state index in [1.807, 2.05) is 19.9 Å². The number of fused-ring (bicyclic) bond motifs is 1. The number of pyridine rings is 1. The van der Waals surface area contributed by atoms with Crippen molar-refractivity contribution in [1.82, 2.24) is 19.5 Å². The number of hydrogen-bond acceptors (Lipinski definition) is 4. The van der Waals surface area contributed by atoms with Crippen molar-refractivity contribution in [3.63, 3.8) is 0 Å². The molecular formula is C12H11BrN4O. The van der Waals surface area contributed by atoms with E-state index in [4.69, 9.17) is 4.42 Å². The molecule has 0 spiro atoms. The summed E-state index contributed by atoms with van der Waals surface area (Å²) in [5.41, 5.74) is 2.62. The van der Waals surface area contributed by atoms with Crippen LogP contribution in [0.25, 0.3) is 11.2 Å². The maximum absolute atomic E-state index is 5.22. The van der Waals surface area contributed by atoms with Crippen molar-refractivity contribution >= 4 is 27.1 Å². The van der Waals surface area contributed by atoms with Gasteiger partial charge in [-0.3, -0.25) is 0 Å². The molecule has 0 saturated carbocycles. The van der Waals surface area contributed by atoms with Crippen LogP contribution in [-0.4, -0.2) is 19.5 Å². The summed E-state index contributed by atoms with van der Waals surface area (Å²) in [6.45, 7) is 4.43. The van der Waals surface area contributed by atoms with E-state index < -0.39 is 0 Å². The Balaban J connectivity index is 2.10. The number of rotatable bonds is 2. The largest absolute Gasteiger partial charge is 0.449 e. The van der Waals surface area contributed by atoms with E-state index in [2.05, 4.69) is 35.4 Å². The summed E-state index contributed by atoms with van der Waals surface area (Å²) in [4.78, 5) is 13.0. The third-order valence-electron chi connectivity index (χ3n) is 2.75. The molecule has 0 aliphatic rings. The zero-order valence-electron chi connectivity index (χ0n) is 10.0. The highest BCUT2D eigenvalue weighted by atomic mass is 79.9. The molecule has 3 rings (SSSR count). The van der Waals surface area contributed by atoms with Crippen LogP contribution in [0.3, 0.4) is 0 Å². The molecule has 0 N–H and O–H groups in total. The summed E-state index contributed by atoms with van der Waals surface area (Å²) < 4.78 is 8.23. The van der Waals surface area contributed by atoms with Gasteiger partial charge in [-0.15, -0.1) is 0 Å². The van der Waals surface area contributed by atoms with Gasteiger partial charge in [0.1, 0.15) is 12.1 Å². The Morgan fingerprint density at radius 2 is 2.17 bits per heavy atom. The molecule has 5 nitrogen and oxygen atoms in total. The molecule has 0 saturated heterocycles. The lowest BCUT2D eigenvalue weighted by Crippen LogP contribution is -2.02. The Morgan fingerprint density at radius 3 is 2.89 bits per heavy atom. The molecule has 3 heterocycles. The average Bonchev–Trinajstić information content (AvgIpc) is 2.86. The quantitative estimate of drug-likeness (QED) is 0.730. The van der Waals surface area contributed by atoms with Gasteiger partial charge in [-0.05, 0) is 28.9 Å². The minimum Gasteiger partial charge on any atom is -0.449 e. The van der Waals surface area contributed by atoms with Crippen LogP contribution in [0.4, 0.5) is 0 Å². The Hall–Kier alpha value is -1.69. The second kappa shape index (κ2) is 4.20. The lowest BCUT2D eigenvalue weighted by molar-refractivity contribution is 0.520. The van der Waals surface area contributed by atoms with Crippen molar-refractivity contribution in [3.05, 3.63) is 40.4 Å². The van der Waals surface area contributed by atoms with Crippen LogP contribution < -0.4 is 0 Å². The standard InChI is InChI=1S/C12H11BrN4O/c1-7-15-12-11(3-9(13)4-14-12)17(7)5-10-6-18-8(2)16-10/h3-4,6H,5H2,1-2H3. The first kappa shape index (κ1) is 11.4. The van der Waals surface area contributed by atoms with E-state index in [0.717, 1.165) is 27.2 Å². The SMILES string of the molecule is Cc1nc(Cn2c(C)nc3ncc(Br)cc32)co1. The lowest BCUT2D eigenvalue weighted by atomic mass is 10.4. The highest BCUT2D eigenvalue weighted by molar-refractivity contribution is 9.10. The summed E-state index contributed by atoms with van der Waals surface area (Å²) in [7, 11) is 0. The first-order valence-corrected chi connectivity index (χ1v) is 6.32. The zero-order valence-corrected chi connectivity index (χ0v) is 11.6. The minimum absolute atomic E-state index is 0.637. The molecule has 6 heteroatoms. The van der Waals surface area contributed by atoms with Crippen molar-refractivity contribution in [2.24, 2.45) is 0 Å². The fraction of sp³-hybridized carbons (Fsp3) is 0.250. The fourth-order valence-corrected chi connectivity index (χ4v) is 2.26. The van der Waals surface area contributed by atoms with E-state index in [1.54, 1.807) is 12.5 Å². The summed E-state index contributed by atoms with van der Waals surface area (Å²) in [6, 6.07) is 2.01. The van der Waals surface area contributed by atoms with Gasteiger partial charge in [-0.1, -0.05) is 0 Å². The van der Waals surface area contributed by atoms with Gasteiger partial charge in [0.25, 0.3) is 0 Å². The number of imidazole rings is 1. The van der Waals surface area contributed by atoms with Gasteiger partial charge < -0.3 is 8.98 Å². The Kier molecular flexibility index (Phi) is 2.66. The Bertz CT molecular complexity index is 716. The summed E-state index contributed by atoms with van der Waals surface area (Å²) in [5.74, 6) is 1.59. The molecular weight excluding hydrogens is 296 g/mol. The normalized spacial score (nSPS) is 11.3. The third-order valence-corrected chi connectivity index (χ3v) is 3.18. The molecule has 0 bridgehead atoms. The van der Waals surface area contributed by atoms with E-state index in [1.165, 1.54) is 0 Å². The molecule has 0 aromatic carbocycles. The topological polar surface area (TPSA) is 56.7 Å². The second-order valence-electron chi connectivity index (χ2n) is 4.10. The second-order valence-corrected chi connectivity index (χ2v) is 5.01. The summed E-state index contributed by atoms with van der Waals surface area (Å²) in [5, 5.41) is 0. The Morgan fingerprint density at radius 1 is 1.33 bits per heavy atom. The molecule has 0 radical (unpaired) electrons. The third kappa shape index (κ3) is 1.92. The predicted molar refractivity (Wildman–Crippen MR) is 70.3 cm³/mol. The summed E-state index contributed by atoms with van der Waals surface area (Å²) >= 11 is 3.43. The zero-order chi connectivity index (χ0) is 12.7. The van der Waals surface area contributed by atoms with Crippen LogP contribution >= 0.6 is 15.9 Å². The van der Waals surface area contributed by atoms with Crippen molar-refractivity contribution in [1.29, 1.82) is 0 Å². The van der Waals surface area contributed by atoms with Crippen LogP contribution in [0.5, 0.6) is 0 Å². The van der Waals surface area contributed by atoms with Crippen molar-refractivity contribution in [2.45, 2.75) is 20.4 Å². The molecule has 0 atom stereocenters. The van der Waals surface area contributed by atoms with Gasteiger partial charge in [0, 0.05) is 17.6 Å². The van der Waals surface area contributed by atoms with Gasteiger partial charge in [0.15, 0.2) is 11.5 Å². The van der Waals surface area contributed by atoms with Crippen molar-refractivity contribution in [3.8, 4) is 0 Å². The van der Waals surface area contributed by atoms with Crippen LogP contribution in [0, 0.1) is 13.8 Å². The lowest BCUT2D eigenvalue weighted by Gasteiger charge is -2.03. The van der Waals surface area contributed by atoms with Crippen LogP contribution in [0.2, 0.25) is 0 Å². The molecule has 0 aliphatic carbocycles. The number of aryl methyl sites for hydroxylation is 2. The average molecular weight is 307 g/mol. The Labute approximate surface area is 112 Å². The van der Waals surface area contributed by atoms with Crippen LogP contribution in [-0.2, 0) is 6.54 Å². The molecule has 0 fully saturated rings. The maximum atomic E-state index is 5.22. The van der Waals surface area contributed by atoms with Gasteiger partial charge in [0.05, 0.1) is 17.8 Å². The smallest absolute Gasteiger partial charge is 0.191 e. The first-order valence-electron chi connectivity index (χ1n) is 5.53. The molecule has 0 amide bonds. The molecule has 3 aromatic heterocycles. The van der Waals surface area contributed by atoms with E-state index >= 15 is 0 Å². The molecule has 0 aliphatic heterocycles. The van der Waals surface area contributed by atoms with Crippen LogP contribution in [0.15, 0.2) is 27.4 Å². The summed E-state index contributed by atoms with van der Waals surface area (Å²) in [6.07, 6.45) is 3.42. The number of hydrogen-bond donors (Lipinski definition) is 0. The van der Waals surface area contributed by atoms with Gasteiger partial charge in [0.2, 0.25) is 0 Å². The number of aromatic nitrogens is 4. The van der Waals surface area contributed by atoms with Crippen LogP contribution in [0.1, 0.15) is 17.4 Å². The van der Waals surface area contributed by atoms with Gasteiger partial charge in [-0.25, -0.2) is 15.0 Å². The van der Waals surface area contributed by atoms with E-state index in [-0.39, 0.29) is 0 Å².